The van der Waals surface area contributed by atoms with Crippen LogP contribution >= 0.6 is 11.8 Å². The van der Waals surface area contributed by atoms with Gasteiger partial charge in [-0.1, -0.05) is 42.1 Å². The largest absolute Gasteiger partial charge is 0.301 e. The summed E-state index contributed by atoms with van der Waals surface area (Å²) < 4.78 is 2.23. The normalized spacial score (nSPS) is 21.5. The molecular weight excluding hydrogens is 294 g/mol. The summed E-state index contributed by atoms with van der Waals surface area (Å²) in [4.78, 5) is 11.9. The number of hydrogen-bond donors (Lipinski definition) is 0. The average molecular weight is 313 g/mol. The first-order chi connectivity index (χ1) is 10.8. The van der Waals surface area contributed by atoms with Crippen LogP contribution in [0.5, 0.6) is 0 Å². The van der Waals surface area contributed by atoms with Crippen LogP contribution in [-0.4, -0.2) is 25.8 Å². The molecule has 22 heavy (non-hydrogen) atoms. The van der Waals surface area contributed by atoms with Gasteiger partial charge in [-0.25, -0.2) is 0 Å². The zero-order valence-electron chi connectivity index (χ0n) is 12.4. The lowest BCUT2D eigenvalue weighted by Crippen LogP contribution is -2.12. The van der Waals surface area contributed by atoms with E-state index < -0.39 is 0 Å². The van der Waals surface area contributed by atoms with Gasteiger partial charge in [-0.3, -0.25) is 4.79 Å². The fraction of sp³-hybridized carbons (Fsp3) is 0.471. The molecule has 2 aliphatic carbocycles. The molecule has 2 aliphatic rings. The van der Waals surface area contributed by atoms with Crippen LogP contribution in [0.1, 0.15) is 49.4 Å². The summed E-state index contributed by atoms with van der Waals surface area (Å²) in [5.74, 6) is 2.02. The second-order valence-electron chi connectivity index (χ2n) is 6.15. The first-order valence-corrected chi connectivity index (χ1v) is 8.85. The number of thioether (sulfide) groups is 1. The second-order valence-corrected chi connectivity index (χ2v) is 7.32. The topological polar surface area (TPSA) is 47.8 Å². The lowest BCUT2D eigenvalue weighted by molar-refractivity contribution is -0.116. The van der Waals surface area contributed by atoms with Crippen molar-refractivity contribution >= 4 is 17.5 Å². The summed E-state index contributed by atoms with van der Waals surface area (Å²) in [7, 11) is 0. The maximum Gasteiger partial charge on any atom is 0.192 e. The first-order valence-electron chi connectivity index (χ1n) is 7.97. The number of carbonyl (C=O) groups is 1. The van der Waals surface area contributed by atoms with Gasteiger partial charge in [0, 0.05) is 12.3 Å². The fourth-order valence-electron chi connectivity index (χ4n) is 2.98. The number of benzene rings is 1. The first kappa shape index (κ1) is 14.0. The molecule has 4 nitrogen and oxygen atoms in total. The molecule has 1 atom stereocenters. The predicted molar refractivity (Wildman–Crippen MR) is 86.0 cm³/mol. The molecule has 2 saturated carbocycles. The van der Waals surface area contributed by atoms with Crippen molar-refractivity contribution in [3.63, 3.8) is 0 Å². The van der Waals surface area contributed by atoms with Crippen LogP contribution in [0.4, 0.5) is 0 Å². The highest BCUT2D eigenvalue weighted by molar-refractivity contribution is 8.00. The number of hydrogen-bond acceptors (Lipinski definition) is 4. The van der Waals surface area contributed by atoms with Crippen LogP contribution in [0.2, 0.25) is 0 Å². The summed E-state index contributed by atoms with van der Waals surface area (Å²) in [5.41, 5.74) is 1.25. The third-order valence-electron chi connectivity index (χ3n) is 4.37. The van der Waals surface area contributed by atoms with E-state index in [1.165, 1.54) is 18.4 Å². The lowest BCUT2D eigenvalue weighted by Gasteiger charge is -2.12. The quantitative estimate of drug-likeness (QED) is 0.848. The molecule has 2 aromatic rings. The van der Waals surface area contributed by atoms with Crippen LogP contribution < -0.4 is 0 Å². The Bertz CT molecular complexity index is 678. The molecular formula is C17H19N3OS. The van der Waals surface area contributed by atoms with Gasteiger partial charge in [0.2, 0.25) is 0 Å². The van der Waals surface area contributed by atoms with Gasteiger partial charge >= 0.3 is 0 Å². The number of nitrogens with zero attached hydrogens (tertiary/aromatic N) is 3. The van der Waals surface area contributed by atoms with Gasteiger partial charge in [-0.05, 0) is 31.2 Å². The maximum absolute atomic E-state index is 11.9. The van der Waals surface area contributed by atoms with Crippen molar-refractivity contribution < 1.29 is 4.79 Å². The summed E-state index contributed by atoms with van der Waals surface area (Å²) >= 11 is 1.61. The fourth-order valence-corrected chi connectivity index (χ4v) is 4.14. The molecule has 0 spiro atoms. The highest BCUT2D eigenvalue weighted by atomic mass is 32.2. The van der Waals surface area contributed by atoms with E-state index in [-0.39, 0.29) is 5.25 Å². The van der Waals surface area contributed by atoms with E-state index in [4.69, 9.17) is 0 Å². The Kier molecular flexibility index (Phi) is 3.74. The van der Waals surface area contributed by atoms with Crippen molar-refractivity contribution in [2.75, 3.05) is 0 Å². The van der Waals surface area contributed by atoms with Gasteiger partial charge in [-0.2, -0.15) is 0 Å². The molecule has 0 N–H and O–H groups in total. The number of rotatable bonds is 5. The Morgan fingerprint density at radius 2 is 1.95 bits per heavy atom. The number of ketones is 1. The zero-order valence-corrected chi connectivity index (χ0v) is 13.3. The van der Waals surface area contributed by atoms with Gasteiger partial charge in [0.05, 0.1) is 11.8 Å². The molecule has 114 valence electrons. The Morgan fingerprint density at radius 3 is 2.64 bits per heavy atom. The molecule has 2 fully saturated rings. The highest BCUT2D eigenvalue weighted by Crippen LogP contribution is 2.41. The molecule has 1 aromatic carbocycles. The summed E-state index contributed by atoms with van der Waals surface area (Å²) in [5, 5.41) is 9.80. The third kappa shape index (κ3) is 2.82. The molecule has 0 bridgehead atoms. The molecule has 5 heteroatoms. The predicted octanol–water partition coefficient (Wildman–Crippen LogP) is 3.42. The van der Waals surface area contributed by atoms with Crippen molar-refractivity contribution in [1.82, 2.24) is 14.8 Å². The van der Waals surface area contributed by atoms with E-state index in [9.17, 15) is 4.79 Å². The zero-order chi connectivity index (χ0) is 14.9. The Balaban J connectivity index is 1.61. The van der Waals surface area contributed by atoms with Gasteiger partial charge in [-0.15, -0.1) is 10.2 Å². The van der Waals surface area contributed by atoms with Gasteiger partial charge in [0.25, 0.3) is 0 Å². The van der Waals surface area contributed by atoms with Crippen LogP contribution in [0.3, 0.4) is 0 Å². The van der Waals surface area contributed by atoms with E-state index in [0.717, 1.165) is 36.8 Å². The molecule has 4 rings (SSSR count). The molecule has 1 unspecified atom stereocenters. The lowest BCUT2D eigenvalue weighted by atomic mass is 10.2. The SMILES string of the molecule is O=C1CCCC1Sc1nnc(C2CC2)n1Cc1ccccc1. The van der Waals surface area contributed by atoms with Crippen molar-refractivity contribution in [3.8, 4) is 0 Å². The van der Waals surface area contributed by atoms with E-state index in [1.54, 1.807) is 11.8 Å². The van der Waals surface area contributed by atoms with Crippen LogP contribution in [-0.2, 0) is 11.3 Å². The molecule has 0 radical (unpaired) electrons. The molecule has 0 saturated heterocycles. The highest BCUT2D eigenvalue weighted by Gasteiger charge is 2.32. The Labute approximate surface area is 134 Å². The summed E-state index contributed by atoms with van der Waals surface area (Å²) in [6, 6.07) is 10.4. The smallest absolute Gasteiger partial charge is 0.192 e. The molecule has 0 aliphatic heterocycles. The van der Waals surface area contributed by atoms with Crippen molar-refractivity contribution in [2.24, 2.45) is 0 Å². The summed E-state index contributed by atoms with van der Waals surface area (Å²) in [6.45, 7) is 0.795. The molecule has 0 amide bonds. The third-order valence-corrected chi connectivity index (χ3v) is 5.66. The Hall–Kier alpha value is -1.62. The average Bonchev–Trinajstić information content (AvgIpc) is 3.20. The van der Waals surface area contributed by atoms with E-state index >= 15 is 0 Å². The number of aromatic nitrogens is 3. The minimum atomic E-state index is 0.0748. The van der Waals surface area contributed by atoms with Crippen molar-refractivity contribution in [1.29, 1.82) is 0 Å². The Morgan fingerprint density at radius 1 is 1.14 bits per heavy atom. The minimum Gasteiger partial charge on any atom is -0.301 e. The van der Waals surface area contributed by atoms with Gasteiger partial charge in [0.1, 0.15) is 11.6 Å². The number of carbonyl (C=O) groups excluding carboxylic acids is 1. The molecule has 1 aromatic heterocycles. The molecule has 1 heterocycles. The van der Waals surface area contributed by atoms with Gasteiger partial charge < -0.3 is 4.57 Å². The van der Waals surface area contributed by atoms with Crippen LogP contribution in [0.15, 0.2) is 35.5 Å². The second kappa shape index (κ2) is 5.88. The van der Waals surface area contributed by atoms with Gasteiger partial charge in [0.15, 0.2) is 5.16 Å². The summed E-state index contributed by atoms with van der Waals surface area (Å²) in [6.07, 6.45) is 5.12. The maximum atomic E-state index is 11.9. The monoisotopic (exact) mass is 313 g/mol. The number of Topliss-reactive ketones (excluding diaryl/α,β-unsaturated/α-hetero) is 1. The van der Waals surface area contributed by atoms with Crippen LogP contribution in [0.25, 0.3) is 0 Å². The van der Waals surface area contributed by atoms with E-state index in [0.29, 0.717) is 11.7 Å². The van der Waals surface area contributed by atoms with E-state index in [1.807, 2.05) is 6.07 Å². The van der Waals surface area contributed by atoms with Crippen molar-refractivity contribution in [2.45, 2.75) is 55.0 Å². The van der Waals surface area contributed by atoms with E-state index in [2.05, 4.69) is 39.0 Å². The standard InChI is InChI=1S/C17H19N3OS/c21-14-7-4-8-15(14)22-17-19-18-16(13-9-10-13)20(17)11-12-5-2-1-3-6-12/h1-3,5-6,13,15H,4,7-11H2. The van der Waals surface area contributed by atoms with Crippen molar-refractivity contribution in [3.05, 3.63) is 41.7 Å². The van der Waals surface area contributed by atoms with Crippen LogP contribution in [0, 0.1) is 0 Å². The minimum absolute atomic E-state index is 0.0748.